The summed E-state index contributed by atoms with van der Waals surface area (Å²) in [5, 5.41) is 0. The fourth-order valence-corrected chi connectivity index (χ4v) is 3.12. The summed E-state index contributed by atoms with van der Waals surface area (Å²) in [6.07, 6.45) is 5.48. The first-order valence-corrected chi connectivity index (χ1v) is 7.04. The van der Waals surface area contributed by atoms with Gasteiger partial charge in [0.25, 0.3) is 0 Å². The lowest BCUT2D eigenvalue weighted by Gasteiger charge is -2.36. The van der Waals surface area contributed by atoms with Crippen LogP contribution in [0.4, 0.5) is 0 Å². The van der Waals surface area contributed by atoms with E-state index in [2.05, 4.69) is 11.9 Å². The molecule has 2 rings (SSSR count). The highest BCUT2D eigenvalue weighted by atomic mass is 16.5. The third kappa shape index (κ3) is 3.77. The van der Waals surface area contributed by atoms with E-state index in [1.165, 1.54) is 12.8 Å². The highest BCUT2D eigenvalue weighted by Gasteiger charge is 2.34. The van der Waals surface area contributed by atoms with Gasteiger partial charge in [-0.15, -0.1) is 0 Å². The second kappa shape index (κ2) is 6.64. The first kappa shape index (κ1) is 14.0. The molecule has 2 aliphatic heterocycles. The normalized spacial score (nSPS) is 33.6. The van der Waals surface area contributed by atoms with Crippen LogP contribution in [0.2, 0.25) is 0 Å². The number of aldehydes is 1. The lowest BCUT2D eigenvalue weighted by atomic mass is 9.83. The number of rotatable bonds is 5. The van der Waals surface area contributed by atoms with Crippen LogP contribution in [0.25, 0.3) is 0 Å². The molecule has 104 valence electrons. The molecule has 2 heterocycles. The average Bonchev–Trinajstić information content (AvgIpc) is 2.41. The van der Waals surface area contributed by atoms with Crippen LogP contribution in [0.3, 0.4) is 0 Å². The summed E-state index contributed by atoms with van der Waals surface area (Å²) in [6.45, 7) is 5.00. The number of hydrogen-bond donors (Lipinski definition) is 0. The molecule has 4 heteroatoms. The lowest BCUT2D eigenvalue weighted by molar-refractivity contribution is -0.125. The number of carbonyl (C=O) groups is 1. The van der Waals surface area contributed by atoms with Gasteiger partial charge in [-0.05, 0) is 38.6 Å². The van der Waals surface area contributed by atoms with Gasteiger partial charge in [-0.25, -0.2) is 0 Å². The van der Waals surface area contributed by atoms with E-state index >= 15 is 0 Å². The van der Waals surface area contributed by atoms with Crippen LogP contribution in [0.1, 0.15) is 25.7 Å². The van der Waals surface area contributed by atoms with E-state index in [0.717, 1.165) is 52.0 Å². The van der Waals surface area contributed by atoms with Crippen molar-refractivity contribution in [1.82, 2.24) is 4.90 Å². The maximum absolute atomic E-state index is 11.4. The summed E-state index contributed by atoms with van der Waals surface area (Å²) in [5.74, 6) is 0.622. The number of ether oxygens (including phenoxy) is 2. The molecular weight excluding hydrogens is 230 g/mol. The zero-order valence-electron chi connectivity index (χ0n) is 11.4. The SMILES string of the molecule is CN(CC1CCCOC1)CC1(C=O)CCCOC1. The first-order valence-electron chi connectivity index (χ1n) is 7.04. The number of hydrogen-bond acceptors (Lipinski definition) is 4. The molecule has 2 unspecified atom stereocenters. The van der Waals surface area contributed by atoms with Gasteiger partial charge in [0, 0.05) is 26.3 Å². The van der Waals surface area contributed by atoms with E-state index in [1.807, 2.05) is 0 Å². The van der Waals surface area contributed by atoms with E-state index in [4.69, 9.17) is 9.47 Å². The van der Waals surface area contributed by atoms with E-state index in [-0.39, 0.29) is 5.41 Å². The molecule has 18 heavy (non-hydrogen) atoms. The fourth-order valence-electron chi connectivity index (χ4n) is 3.12. The number of carbonyl (C=O) groups excluding carboxylic acids is 1. The predicted molar refractivity (Wildman–Crippen MR) is 69.6 cm³/mol. The third-order valence-electron chi connectivity index (χ3n) is 4.01. The summed E-state index contributed by atoms with van der Waals surface area (Å²) in [4.78, 5) is 13.7. The predicted octanol–water partition coefficient (Wildman–Crippen LogP) is 1.34. The third-order valence-corrected chi connectivity index (χ3v) is 4.01. The van der Waals surface area contributed by atoms with Crippen LogP contribution in [0.15, 0.2) is 0 Å². The van der Waals surface area contributed by atoms with Crippen LogP contribution in [0.5, 0.6) is 0 Å². The van der Waals surface area contributed by atoms with Crippen molar-refractivity contribution in [2.45, 2.75) is 25.7 Å². The first-order chi connectivity index (χ1) is 8.74. The van der Waals surface area contributed by atoms with Crippen LogP contribution >= 0.6 is 0 Å². The average molecular weight is 255 g/mol. The standard InChI is InChI=1S/C14H25NO3/c1-15(8-13-4-2-6-17-9-13)10-14(11-16)5-3-7-18-12-14/h11,13H,2-10,12H2,1H3. The van der Waals surface area contributed by atoms with Gasteiger partial charge in [0.1, 0.15) is 6.29 Å². The van der Waals surface area contributed by atoms with Gasteiger partial charge in [0.15, 0.2) is 0 Å². The van der Waals surface area contributed by atoms with Gasteiger partial charge >= 0.3 is 0 Å². The summed E-state index contributed by atoms with van der Waals surface area (Å²) in [6, 6.07) is 0. The highest BCUT2D eigenvalue weighted by molar-refractivity contribution is 5.60. The smallest absolute Gasteiger partial charge is 0.129 e. The van der Waals surface area contributed by atoms with Crippen molar-refractivity contribution in [3.05, 3.63) is 0 Å². The Labute approximate surface area is 110 Å². The van der Waals surface area contributed by atoms with Crippen molar-refractivity contribution < 1.29 is 14.3 Å². The Morgan fingerprint density at radius 3 is 2.78 bits per heavy atom. The lowest BCUT2D eigenvalue weighted by Crippen LogP contribution is -2.44. The maximum Gasteiger partial charge on any atom is 0.129 e. The molecule has 0 spiro atoms. The van der Waals surface area contributed by atoms with E-state index in [1.54, 1.807) is 0 Å². The minimum absolute atomic E-state index is 0.275. The largest absolute Gasteiger partial charge is 0.381 e. The maximum atomic E-state index is 11.4. The van der Waals surface area contributed by atoms with Gasteiger partial charge in [-0.2, -0.15) is 0 Å². The molecule has 2 fully saturated rings. The molecular formula is C14H25NO3. The zero-order valence-corrected chi connectivity index (χ0v) is 11.4. The van der Waals surface area contributed by atoms with Gasteiger partial charge in [0.05, 0.1) is 18.6 Å². The number of nitrogens with zero attached hydrogens (tertiary/aromatic N) is 1. The molecule has 0 bridgehead atoms. The Balaban J connectivity index is 1.80. The van der Waals surface area contributed by atoms with Gasteiger partial charge < -0.3 is 19.2 Å². The fraction of sp³-hybridized carbons (Fsp3) is 0.929. The minimum atomic E-state index is -0.275. The summed E-state index contributed by atoms with van der Waals surface area (Å²) in [5.41, 5.74) is -0.275. The van der Waals surface area contributed by atoms with Crippen molar-refractivity contribution in [2.24, 2.45) is 11.3 Å². The molecule has 0 aromatic heterocycles. The summed E-state index contributed by atoms with van der Waals surface area (Å²) < 4.78 is 11.0. The summed E-state index contributed by atoms with van der Waals surface area (Å²) in [7, 11) is 2.11. The van der Waals surface area contributed by atoms with Crippen molar-refractivity contribution >= 4 is 6.29 Å². The quantitative estimate of drug-likeness (QED) is 0.695. The molecule has 2 aliphatic rings. The topological polar surface area (TPSA) is 38.8 Å². The van der Waals surface area contributed by atoms with Crippen molar-refractivity contribution in [2.75, 3.05) is 46.6 Å². The second-order valence-electron chi connectivity index (χ2n) is 5.92. The molecule has 0 aliphatic carbocycles. The van der Waals surface area contributed by atoms with E-state index in [9.17, 15) is 4.79 Å². The Morgan fingerprint density at radius 2 is 2.17 bits per heavy atom. The summed E-state index contributed by atoms with van der Waals surface area (Å²) >= 11 is 0. The molecule has 2 saturated heterocycles. The van der Waals surface area contributed by atoms with Gasteiger partial charge in [0.2, 0.25) is 0 Å². The minimum Gasteiger partial charge on any atom is -0.381 e. The Bertz CT molecular complexity index is 258. The zero-order chi connectivity index (χ0) is 12.8. The Hall–Kier alpha value is -0.450. The molecule has 0 N–H and O–H groups in total. The molecule has 0 radical (unpaired) electrons. The van der Waals surface area contributed by atoms with Gasteiger partial charge in [-0.1, -0.05) is 0 Å². The Morgan fingerprint density at radius 1 is 1.33 bits per heavy atom. The molecule has 0 amide bonds. The van der Waals surface area contributed by atoms with Crippen molar-refractivity contribution in [1.29, 1.82) is 0 Å². The Kier molecular flexibility index (Phi) is 5.15. The van der Waals surface area contributed by atoms with Crippen molar-refractivity contribution in [3.63, 3.8) is 0 Å². The molecule has 4 nitrogen and oxygen atoms in total. The monoisotopic (exact) mass is 255 g/mol. The van der Waals surface area contributed by atoms with Crippen LogP contribution in [-0.4, -0.2) is 57.8 Å². The van der Waals surface area contributed by atoms with Crippen LogP contribution in [-0.2, 0) is 14.3 Å². The van der Waals surface area contributed by atoms with Crippen LogP contribution in [0, 0.1) is 11.3 Å². The van der Waals surface area contributed by atoms with Crippen molar-refractivity contribution in [3.8, 4) is 0 Å². The van der Waals surface area contributed by atoms with Gasteiger partial charge in [-0.3, -0.25) is 0 Å². The molecule has 0 aromatic carbocycles. The highest BCUT2D eigenvalue weighted by Crippen LogP contribution is 2.27. The molecule has 0 aromatic rings. The van der Waals surface area contributed by atoms with Crippen LogP contribution < -0.4 is 0 Å². The second-order valence-corrected chi connectivity index (χ2v) is 5.92. The van der Waals surface area contributed by atoms with E-state index in [0.29, 0.717) is 12.5 Å². The molecule has 2 atom stereocenters. The molecule has 0 saturated carbocycles. The van der Waals surface area contributed by atoms with E-state index < -0.39 is 0 Å².